The van der Waals surface area contributed by atoms with Gasteiger partial charge in [0.05, 0.1) is 0 Å². The van der Waals surface area contributed by atoms with Gasteiger partial charge in [-0.25, -0.2) is 0 Å². The molecule has 0 aromatic carbocycles. The second-order valence-corrected chi connectivity index (χ2v) is 13.4. The molecule has 0 spiro atoms. The first-order chi connectivity index (χ1) is 18.8. The third kappa shape index (κ3) is 11.7. The maximum Gasteiger partial charge on any atom is 0.000366 e. The van der Waals surface area contributed by atoms with Crippen LogP contribution in [0.2, 0.25) is 0 Å². The van der Waals surface area contributed by atoms with Crippen LogP contribution in [0.3, 0.4) is 0 Å². The summed E-state index contributed by atoms with van der Waals surface area (Å²) in [6, 6.07) is 0. The van der Waals surface area contributed by atoms with Crippen molar-refractivity contribution < 1.29 is 0 Å². The molecule has 40 heavy (non-hydrogen) atoms. The van der Waals surface area contributed by atoms with Gasteiger partial charge in [-0.3, -0.25) is 0 Å². The quantitative estimate of drug-likeness (QED) is 0.192. The van der Waals surface area contributed by atoms with E-state index in [0.717, 1.165) is 0 Å². The normalized spacial score (nSPS) is 23.6. The first-order valence-corrected chi connectivity index (χ1v) is 15.3. The first kappa shape index (κ1) is 33.3. The van der Waals surface area contributed by atoms with Crippen molar-refractivity contribution in [2.75, 3.05) is 0 Å². The topological polar surface area (TPSA) is 0 Å². The summed E-state index contributed by atoms with van der Waals surface area (Å²) >= 11 is 0. The van der Waals surface area contributed by atoms with Crippen molar-refractivity contribution in [2.24, 2.45) is 16.7 Å². The van der Waals surface area contributed by atoms with Crippen molar-refractivity contribution >= 4 is 0 Å². The van der Waals surface area contributed by atoms with Crippen LogP contribution in [-0.2, 0) is 0 Å². The summed E-state index contributed by atoms with van der Waals surface area (Å²) in [6.45, 7) is 22.7. The zero-order valence-corrected chi connectivity index (χ0v) is 27.3. The predicted octanol–water partition coefficient (Wildman–Crippen LogP) is 12.5. The summed E-state index contributed by atoms with van der Waals surface area (Å²) in [4.78, 5) is 0. The Labute approximate surface area is 247 Å². The molecule has 2 aliphatic carbocycles. The molecule has 1 atom stereocenters. The average Bonchev–Trinajstić information content (AvgIpc) is 2.86. The highest BCUT2D eigenvalue weighted by Crippen LogP contribution is 2.41. The average molecular weight is 537 g/mol. The van der Waals surface area contributed by atoms with Gasteiger partial charge in [0, 0.05) is 5.92 Å². The van der Waals surface area contributed by atoms with Gasteiger partial charge in [-0.05, 0) is 90.0 Å². The lowest BCUT2D eigenvalue weighted by molar-refractivity contribution is 0.262. The molecule has 0 aromatic heterocycles. The van der Waals surface area contributed by atoms with Crippen molar-refractivity contribution in [3.8, 4) is 0 Å². The molecule has 0 fully saturated rings. The third-order valence-electron chi connectivity index (χ3n) is 8.42. The SMILES string of the molecule is CC(C=CC1C=C(C)CCC1(C)C)=CC=CC(C)=C/C=C/C=C(C)/C=C/C=C(C)/C=C/C1=C(C)CCCC1(C)C. The minimum Gasteiger partial charge on any atom is -0.0782 e. The predicted molar refractivity (Wildman–Crippen MR) is 181 cm³/mol. The molecular weight excluding hydrogens is 480 g/mol. The standard InChI is InChI=1S/C40H56/c1-31(18-13-20-33(3)23-25-37-30-35(5)27-29-39(37,7)8)16-11-12-17-32(2)19-14-21-34(4)24-26-38-36(6)22-15-28-40(38,9)10/h11-14,16-21,23-26,30,37H,15,22,27-29H2,1-10H3/b12-11+,18-13?,19-14+,25-23?,26-24+,31-16?,32-17+,33-20?,34-21+. The van der Waals surface area contributed by atoms with E-state index in [9.17, 15) is 0 Å². The van der Waals surface area contributed by atoms with Gasteiger partial charge in [-0.1, -0.05) is 152 Å². The van der Waals surface area contributed by atoms with Gasteiger partial charge in [-0.15, -0.1) is 0 Å². The molecule has 0 radical (unpaired) electrons. The molecule has 1 unspecified atom stereocenters. The molecule has 0 aromatic rings. The Balaban J connectivity index is 1.87. The zero-order chi connectivity index (χ0) is 29.8. The number of hydrogen-bond acceptors (Lipinski definition) is 0. The second-order valence-electron chi connectivity index (χ2n) is 13.4. The minimum atomic E-state index is 0.291. The second kappa shape index (κ2) is 15.8. The molecule has 0 saturated heterocycles. The van der Waals surface area contributed by atoms with Gasteiger partial charge in [0.2, 0.25) is 0 Å². The summed E-state index contributed by atoms with van der Waals surface area (Å²) in [6.07, 6.45) is 39.5. The van der Waals surface area contributed by atoms with Gasteiger partial charge in [0.1, 0.15) is 0 Å². The van der Waals surface area contributed by atoms with Gasteiger partial charge in [0.15, 0.2) is 0 Å². The lowest BCUT2D eigenvalue weighted by atomic mass is 9.70. The van der Waals surface area contributed by atoms with E-state index in [1.54, 1.807) is 5.57 Å². The molecule has 0 N–H and O–H groups in total. The van der Waals surface area contributed by atoms with E-state index >= 15 is 0 Å². The van der Waals surface area contributed by atoms with E-state index in [-0.39, 0.29) is 0 Å². The fourth-order valence-electron chi connectivity index (χ4n) is 5.44. The molecule has 216 valence electrons. The number of hydrogen-bond donors (Lipinski definition) is 0. The fourth-order valence-corrected chi connectivity index (χ4v) is 5.44. The Morgan fingerprint density at radius 1 is 0.675 bits per heavy atom. The largest absolute Gasteiger partial charge is 0.0782 e. The van der Waals surface area contributed by atoms with E-state index in [1.807, 2.05) is 0 Å². The van der Waals surface area contributed by atoms with Crippen molar-refractivity contribution in [2.45, 2.75) is 101 Å². The van der Waals surface area contributed by atoms with Gasteiger partial charge >= 0.3 is 0 Å². The van der Waals surface area contributed by atoms with Gasteiger partial charge in [-0.2, -0.15) is 0 Å². The summed E-state index contributed by atoms with van der Waals surface area (Å²) in [5.74, 6) is 0.518. The van der Waals surface area contributed by atoms with Crippen LogP contribution in [0.1, 0.15) is 101 Å². The van der Waals surface area contributed by atoms with Crippen molar-refractivity contribution in [1.29, 1.82) is 0 Å². The molecule has 0 aliphatic heterocycles. The maximum atomic E-state index is 2.45. The molecule has 0 amide bonds. The summed E-state index contributed by atoms with van der Waals surface area (Å²) in [5.41, 5.74) is 10.2. The Morgan fingerprint density at radius 2 is 1.20 bits per heavy atom. The Hall–Kier alpha value is -2.86. The molecular formula is C40H56. The van der Waals surface area contributed by atoms with Crippen LogP contribution in [-0.4, -0.2) is 0 Å². The summed E-state index contributed by atoms with van der Waals surface area (Å²) < 4.78 is 0. The Morgan fingerprint density at radius 3 is 1.77 bits per heavy atom. The van der Waals surface area contributed by atoms with Crippen molar-refractivity contribution in [3.05, 3.63) is 130 Å². The lowest BCUT2D eigenvalue weighted by Crippen LogP contribution is -2.24. The van der Waals surface area contributed by atoms with Crippen LogP contribution in [0.4, 0.5) is 0 Å². The highest BCUT2D eigenvalue weighted by atomic mass is 14.3. The third-order valence-corrected chi connectivity index (χ3v) is 8.42. The van der Waals surface area contributed by atoms with E-state index in [4.69, 9.17) is 0 Å². The summed E-state index contributed by atoms with van der Waals surface area (Å²) in [5, 5.41) is 0. The molecule has 2 aliphatic rings. The van der Waals surface area contributed by atoms with Crippen LogP contribution in [0, 0.1) is 16.7 Å². The Bertz CT molecular complexity index is 1200. The van der Waals surface area contributed by atoms with Crippen LogP contribution >= 0.6 is 0 Å². The first-order valence-electron chi connectivity index (χ1n) is 15.3. The van der Waals surface area contributed by atoms with Crippen LogP contribution in [0.15, 0.2) is 130 Å². The van der Waals surface area contributed by atoms with Crippen LogP contribution in [0.25, 0.3) is 0 Å². The number of allylic oxidation sites excluding steroid dienone is 22. The van der Waals surface area contributed by atoms with E-state index in [1.165, 1.54) is 65.5 Å². The molecule has 0 bridgehead atoms. The lowest BCUT2D eigenvalue weighted by Gasteiger charge is -2.35. The monoisotopic (exact) mass is 536 g/mol. The van der Waals surface area contributed by atoms with Gasteiger partial charge in [0.25, 0.3) is 0 Å². The van der Waals surface area contributed by atoms with E-state index in [0.29, 0.717) is 16.7 Å². The van der Waals surface area contributed by atoms with Crippen molar-refractivity contribution in [3.63, 3.8) is 0 Å². The zero-order valence-electron chi connectivity index (χ0n) is 27.3. The van der Waals surface area contributed by atoms with Crippen LogP contribution < -0.4 is 0 Å². The molecule has 0 heterocycles. The molecule has 0 nitrogen and oxygen atoms in total. The van der Waals surface area contributed by atoms with Crippen molar-refractivity contribution in [1.82, 2.24) is 0 Å². The summed E-state index contributed by atoms with van der Waals surface area (Å²) in [7, 11) is 0. The highest BCUT2D eigenvalue weighted by Gasteiger charge is 2.29. The van der Waals surface area contributed by atoms with E-state index in [2.05, 4.69) is 160 Å². The molecule has 0 heteroatoms. The molecule has 2 rings (SSSR count). The fraction of sp³-hybridized carbons (Fsp3) is 0.450. The van der Waals surface area contributed by atoms with Gasteiger partial charge < -0.3 is 0 Å². The highest BCUT2D eigenvalue weighted by molar-refractivity contribution is 5.37. The smallest absolute Gasteiger partial charge is 0.000366 e. The molecule has 0 saturated carbocycles. The maximum absolute atomic E-state index is 2.45. The Kier molecular flexibility index (Phi) is 13.2. The minimum absolute atomic E-state index is 0.291. The number of rotatable bonds is 10. The van der Waals surface area contributed by atoms with Crippen LogP contribution in [0.5, 0.6) is 0 Å². The van der Waals surface area contributed by atoms with E-state index < -0.39 is 0 Å².